The summed E-state index contributed by atoms with van der Waals surface area (Å²) in [6.07, 6.45) is 0.356. The standard InChI is InChI=1S/C23H25N3O3/c1-4-29-21-12-8-7-11-20(21)25-14-17(13-22(25)28)23-24-18-9-5-6-10-19(18)26(23)15(2)16(3)27/h5-12,15,17H,4,13-14H2,1-3H3. The van der Waals surface area contributed by atoms with E-state index >= 15 is 0 Å². The minimum Gasteiger partial charge on any atom is -0.492 e. The van der Waals surface area contributed by atoms with Crippen molar-refractivity contribution < 1.29 is 14.3 Å². The number of ether oxygens (including phenoxy) is 1. The fourth-order valence-electron chi connectivity index (χ4n) is 4.01. The second-order valence-electron chi connectivity index (χ2n) is 7.42. The van der Waals surface area contributed by atoms with Crippen molar-refractivity contribution >= 4 is 28.4 Å². The second kappa shape index (κ2) is 7.70. The number of benzene rings is 2. The summed E-state index contributed by atoms with van der Waals surface area (Å²) < 4.78 is 7.71. The lowest BCUT2D eigenvalue weighted by Crippen LogP contribution is -2.25. The number of amides is 1. The first kappa shape index (κ1) is 19.2. The van der Waals surface area contributed by atoms with Crippen LogP contribution in [0.2, 0.25) is 0 Å². The molecule has 6 nitrogen and oxygen atoms in total. The van der Waals surface area contributed by atoms with E-state index in [0.717, 1.165) is 22.5 Å². The molecule has 0 bridgehead atoms. The molecule has 1 fully saturated rings. The molecule has 29 heavy (non-hydrogen) atoms. The zero-order valence-electron chi connectivity index (χ0n) is 17.0. The molecule has 0 N–H and O–H groups in total. The second-order valence-corrected chi connectivity index (χ2v) is 7.42. The highest BCUT2D eigenvalue weighted by atomic mass is 16.5. The fourth-order valence-corrected chi connectivity index (χ4v) is 4.01. The quantitative estimate of drug-likeness (QED) is 0.634. The molecule has 0 radical (unpaired) electrons. The lowest BCUT2D eigenvalue weighted by Gasteiger charge is -2.21. The van der Waals surface area contributed by atoms with E-state index in [4.69, 9.17) is 9.72 Å². The van der Waals surface area contributed by atoms with Crippen LogP contribution >= 0.6 is 0 Å². The monoisotopic (exact) mass is 391 g/mol. The summed E-state index contributed by atoms with van der Waals surface area (Å²) in [5, 5.41) is 0. The summed E-state index contributed by atoms with van der Waals surface area (Å²) in [7, 11) is 0. The number of anilines is 1. The summed E-state index contributed by atoms with van der Waals surface area (Å²) in [6, 6.07) is 15.1. The number of para-hydroxylation sites is 4. The van der Waals surface area contributed by atoms with Crippen LogP contribution in [0.1, 0.15) is 45.0 Å². The van der Waals surface area contributed by atoms with Crippen molar-refractivity contribution in [3.8, 4) is 5.75 Å². The number of rotatable bonds is 6. The Morgan fingerprint density at radius 3 is 2.69 bits per heavy atom. The first-order valence-corrected chi connectivity index (χ1v) is 10.0. The van der Waals surface area contributed by atoms with Gasteiger partial charge in [0.25, 0.3) is 0 Å². The van der Waals surface area contributed by atoms with Gasteiger partial charge in [0.2, 0.25) is 5.91 Å². The highest BCUT2D eigenvalue weighted by Crippen LogP contribution is 2.38. The van der Waals surface area contributed by atoms with E-state index in [2.05, 4.69) is 0 Å². The molecule has 1 amide bonds. The molecule has 1 aromatic heterocycles. The van der Waals surface area contributed by atoms with Gasteiger partial charge in [-0.25, -0.2) is 4.98 Å². The molecule has 2 unspecified atom stereocenters. The highest BCUT2D eigenvalue weighted by Gasteiger charge is 2.36. The van der Waals surface area contributed by atoms with Gasteiger partial charge in [-0.2, -0.15) is 0 Å². The van der Waals surface area contributed by atoms with Crippen LogP contribution in [0.25, 0.3) is 11.0 Å². The number of nitrogens with zero attached hydrogens (tertiary/aromatic N) is 3. The van der Waals surface area contributed by atoms with Crippen molar-refractivity contribution in [3.63, 3.8) is 0 Å². The first-order valence-electron chi connectivity index (χ1n) is 10.0. The number of hydrogen-bond acceptors (Lipinski definition) is 4. The molecule has 1 aliphatic heterocycles. The number of aromatic nitrogens is 2. The average Bonchev–Trinajstić information content (AvgIpc) is 3.28. The molecule has 0 aliphatic carbocycles. The van der Waals surface area contributed by atoms with Gasteiger partial charge in [0.15, 0.2) is 5.78 Å². The Morgan fingerprint density at radius 2 is 1.93 bits per heavy atom. The van der Waals surface area contributed by atoms with Crippen LogP contribution in [0.3, 0.4) is 0 Å². The third-order valence-corrected chi connectivity index (χ3v) is 5.54. The van der Waals surface area contributed by atoms with Gasteiger partial charge in [0, 0.05) is 18.9 Å². The van der Waals surface area contributed by atoms with Gasteiger partial charge in [0.1, 0.15) is 11.6 Å². The van der Waals surface area contributed by atoms with E-state index in [1.165, 1.54) is 0 Å². The zero-order chi connectivity index (χ0) is 20.5. The van der Waals surface area contributed by atoms with Crippen LogP contribution in [-0.2, 0) is 9.59 Å². The number of carbonyl (C=O) groups excluding carboxylic acids is 2. The predicted octanol–water partition coefficient (Wildman–Crippen LogP) is 4.11. The third kappa shape index (κ3) is 3.39. The van der Waals surface area contributed by atoms with E-state index in [0.29, 0.717) is 25.3 Å². The third-order valence-electron chi connectivity index (χ3n) is 5.54. The molecule has 2 aromatic carbocycles. The molecular weight excluding hydrogens is 366 g/mol. The SMILES string of the molecule is CCOc1ccccc1N1CC(c2nc3ccccc3n2C(C)C(C)=O)CC1=O. The van der Waals surface area contributed by atoms with Crippen LogP contribution in [0.15, 0.2) is 48.5 Å². The molecule has 0 saturated carbocycles. The van der Waals surface area contributed by atoms with Crippen LogP contribution in [0.5, 0.6) is 5.75 Å². The Kier molecular flexibility index (Phi) is 5.09. The van der Waals surface area contributed by atoms with Gasteiger partial charge >= 0.3 is 0 Å². The maximum atomic E-state index is 12.9. The Morgan fingerprint density at radius 1 is 1.21 bits per heavy atom. The van der Waals surface area contributed by atoms with E-state index < -0.39 is 0 Å². The normalized spacial score (nSPS) is 17.7. The van der Waals surface area contributed by atoms with Crippen LogP contribution < -0.4 is 9.64 Å². The molecule has 2 atom stereocenters. The van der Waals surface area contributed by atoms with E-state index in [-0.39, 0.29) is 23.7 Å². The van der Waals surface area contributed by atoms with Gasteiger partial charge in [-0.15, -0.1) is 0 Å². The molecule has 6 heteroatoms. The number of fused-ring (bicyclic) bond motifs is 1. The molecule has 0 spiro atoms. The van der Waals surface area contributed by atoms with Crippen molar-refractivity contribution in [2.45, 2.75) is 39.2 Å². The smallest absolute Gasteiger partial charge is 0.227 e. The molecule has 1 saturated heterocycles. The molecule has 150 valence electrons. The van der Waals surface area contributed by atoms with Gasteiger partial charge in [-0.3, -0.25) is 9.59 Å². The minimum atomic E-state index is -0.336. The largest absolute Gasteiger partial charge is 0.492 e. The summed E-state index contributed by atoms with van der Waals surface area (Å²) in [5.74, 6) is 1.51. The van der Waals surface area contributed by atoms with Crippen molar-refractivity contribution in [2.75, 3.05) is 18.1 Å². The summed E-state index contributed by atoms with van der Waals surface area (Å²) in [6.45, 7) is 6.45. The lowest BCUT2D eigenvalue weighted by atomic mass is 10.1. The minimum absolute atomic E-state index is 0.0382. The van der Waals surface area contributed by atoms with Crippen LogP contribution in [0, 0.1) is 0 Å². The Hall–Kier alpha value is -3.15. The topological polar surface area (TPSA) is 64.4 Å². The van der Waals surface area contributed by atoms with Crippen LogP contribution in [-0.4, -0.2) is 34.4 Å². The van der Waals surface area contributed by atoms with Gasteiger partial charge in [-0.05, 0) is 45.0 Å². The molecule has 4 rings (SSSR count). The fraction of sp³-hybridized carbons (Fsp3) is 0.348. The van der Waals surface area contributed by atoms with Gasteiger partial charge < -0.3 is 14.2 Å². The number of Topliss-reactive ketones (excluding diaryl/α,β-unsaturated/α-hetero) is 1. The number of carbonyl (C=O) groups is 2. The van der Waals surface area contributed by atoms with E-state index in [1.54, 1.807) is 11.8 Å². The maximum absolute atomic E-state index is 12.9. The lowest BCUT2D eigenvalue weighted by molar-refractivity contribution is -0.119. The zero-order valence-corrected chi connectivity index (χ0v) is 17.0. The Bertz CT molecular complexity index is 1070. The van der Waals surface area contributed by atoms with Gasteiger partial charge in [-0.1, -0.05) is 24.3 Å². The maximum Gasteiger partial charge on any atom is 0.227 e. The summed E-state index contributed by atoms with van der Waals surface area (Å²) in [4.78, 5) is 31.7. The van der Waals surface area contributed by atoms with E-state index in [9.17, 15) is 9.59 Å². The summed E-state index contributed by atoms with van der Waals surface area (Å²) in [5.41, 5.74) is 2.55. The first-order chi connectivity index (χ1) is 14.0. The number of imidazole rings is 1. The number of hydrogen-bond donors (Lipinski definition) is 0. The van der Waals surface area contributed by atoms with Crippen molar-refractivity contribution in [1.29, 1.82) is 0 Å². The molecular formula is C23H25N3O3. The highest BCUT2D eigenvalue weighted by molar-refractivity contribution is 5.98. The average molecular weight is 391 g/mol. The molecule has 1 aliphatic rings. The van der Waals surface area contributed by atoms with Crippen molar-refractivity contribution in [2.24, 2.45) is 0 Å². The molecule has 2 heterocycles. The Labute approximate surface area is 170 Å². The number of ketones is 1. The summed E-state index contributed by atoms with van der Waals surface area (Å²) >= 11 is 0. The predicted molar refractivity (Wildman–Crippen MR) is 112 cm³/mol. The van der Waals surface area contributed by atoms with E-state index in [1.807, 2.05) is 66.9 Å². The van der Waals surface area contributed by atoms with Crippen molar-refractivity contribution in [1.82, 2.24) is 9.55 Å². The molecule has 3 aromatic rings. The van der Waals surface area contributed by atoms with Crippen molar-refractivity contribution in [3.05, 3.63) is 54.4 Å². The van der Waals surface area contributed by atoms with Crippen LogP contribution in [0.4, 0.5) is 5.69 Å². The Balaban J connectivity index is 1.74. The van der Waals surface area contributed by atoms with Gasteiger partial charge in [0.05, 0.1) is 29.4 Å².